The highest BCUT2D eigenvalue weighted by molar-refractivity contribution is 7.99. The molecule has 2 N–H and O–H groups in total. The predicted octanol–water partition coefficient (Wildman–Crippen LogP) is 5.07. The van der Waals surface area contributed by atoms with Gasteiger partial charge in [0.2, 0.25) is 0 Å². The van der Waals surface area contributed by atoms with Crippen molar-refractivity contribution < 1.29 is 9.59 Å². The molecule has 2 aromatic heterocycles. The van der Waals surface area contributed by atoms with Crippen LogP contribution in [0.5, 0.6) is 0 Å². The molecule has 0 aliphatic heterocycles. The van der Waals surface area contributed by atoms with Crippen LogP contribution in [0.15, 0.2) is 64.8 Å². The van der Waals surface area contributed by atoms with Crippen molar-refractivity contribution in [2.75, 3.05) is 12.4 Å². The molecule has 0 atom stereocenters. The van der Waals surface area contributed by atoms with Crippen LogP contribution < -0.4 is 10.6 Å². The topological polar surface area (TPSA) is 84.0 Å². The fourth-order valence-corrected chi connectivity index (χ4v) is 5.26. The number of anilines is 1. The highest BCUT2D eigenvalue weighted by atomic mass is 32.2. The Morgan fingerprint density at radius 3 is 2.45 bits per heavy atom. The fraction of sp³-hybridized carbons (Fsp3) is 0.130. The van der Waals surface area contributed by atoms with Crippen molar-refractivity contribution in [3.8, 4) is 0 Å². The first-order valence-electron chi connectivity index (χ1n) is 9.59. The second-order valence-corrected chi connectivity index (χ2v) is 9.08. The maximum Gasteiger partial charge on any atom is 0.256 e. The molecule has 2 amide bonds. The molecule has 156 valence electrons. The molecule has 0 saturated heterocycles. The second kappa shape index (κ2) is 8.87. The maximum atomic E-state index is 13.0. The van der Waals surface area contributed by atoms with Gasteiger partial charge in [0.15, 0.2) is 0 Å². The Morgan fingerprint density at radius 2 is 1.71 bits per heavy atom. The number of carbonyl (C=O) groups is 2. The summed E-state index contributed by atoms with van der Waals surface area (Å²) in [5.74, 6) is -0.394. The van der Waals surface area contributed by atoms with Crippen molar-refractivity contribution in [2.24, 2.45) is 0 Å². The highest BCUT2D eigenvalue weighted by Gasteiger charge is 2.17. The maximum absolute atomic E-state index is 13.0. The van der Waals surface area contributed by atoms with Gasteiger partial charge in [0, 0.05) is 33.5 Å². The summed E-state index contributed by atoms with van der Waals surface area (Å²) in [7, 11) is 1.58. The van der Waals surface area contributed by atoms with E-state index in [9.17, 15) is 9.59 Å². The molecular formula is C23H20N4O2S2. The van der Waals surface area contributed by atoms with E-state index in [1.807, 2.05) is 18.2 Å². The summed E-state index contributed by atoms with van der Waals surface area (Å²) < 4.78 is 0. The Labute approximate surface area is 188 Å². The number of aryl methyl sites for hydroxylation is 2. The number of thiophene rings is 1. The summed E-state index contributed by atoms with van der Waals surface area (Å²) in [5.41, 5.74) is 2.87. The standard InChI is InChI=1S/C23H20N4O2S2/c1-13-14(2)30-22-19(13)23(26-12-25-22)31-18-7-5-4-6-17(18)21(29)27-16-10-8-15(9-11-16)20(28)24-3/h4-12H,1-3H3,(H,24,28)(H,27,29). The summed E-state index contributed by atoms with van der Waals surface area (Å²) in [4.78, 5) is 36.5. The zero-order valence-corrected chi connectivity index (χ0v) is 18.9. The largest absolute Gasteiger partial charge is 0.355 e. The third-order valence-corrected chi connectivity index (χ3v) is 7.09. The van der Waals surface area contributed by atoms with Crippen LogP contribution in [-0.4, -0.2) is 28.8 Å². The van der Waals surface area contributed by atoms with Gasteiger partial charge >= 0.3 is 0 Å². The van der Waals surface area contributed by atoms with Crippen molar-refractivity contribution in [3.05, 3.63) is 76.4 Å². The minimum absolute atomic E-state index is 0.172. The molecular weight excluding hydrogens is 428 g/mol. The summed E-state index contributed by atoms with van der Waals surface area (Å²) in [5, 5.41) is 7.36. The van der Waals surface area contributed by atoms with E-state index in [1.165, 1.54) is 22.2 Å². The summed E-state index contributed by atoms with van der Waals surface area (Å²) in [6.07, 6.45) is 1.57. The van der Waals surface area contributed by atoms with Crippen LogP contribution in [0.4, 0.5) is 5.69 Å². The summed E-state index contributed by atoms with van der Waals surface area (Å²) in [6.45, 7) is 4.15. The quantitative estimate of drug-likeness (QED) is 0.417. The van der Waals surface area contributed by atoms with Crippen LogP contribution in [0, 0.1) is 13.8 Å². The molecule has 0 spiro atoms. The van der Waals surface area contributed by atoms with E-state index < -0.39 is 0 Å². The zero-order chi connectivity index (χ0) is 22.0. The third-order valence-electron chi connectivity index (χ3n) is 4.90. The number of amides is 2. The molecule has 0 fully saturated rings. The Bertz CT molecular complexity index is 1280. The number of hydrogen-bond acceptors (Lipinski definition) is 6. The molecule has 0 bridgehead atoms. The molecule has 0 saturated carbocycles. The van der Waals surface area contributed by atoms with E-state index in [-0.39, 0.29) is 11.8 Å². The third kappa shape index (κ3) is 4.30. The molecule has 0 aliphatic rings. The zero-order valence-electron chi connectivity index (χ0n) is 17.2. The molecule has 2 aromatic carbocycles. The van der Waals surface area contributed by atoms with Gasteiger partial charge in [0.25, 0.3) is 11.8 Å². The average Bonchev–Trinajstić information content (AvgIpc) is 3.08. The molecule has 4 rings (SSSR count). The van der Waals surface area contributed by atoms with E-state index in [0.717, 1.165) is 20.1 Å². The first kappa shape index (κ1) is 21.0. The van der Waals surface area contributed by atoms with Crippen LogP contribution in [0.3, 0.4) is 0 Å². The van der Waals surface area contributed by atoms with Gasteiger partial charge in [-0.2, -0.15) is 0 Å². The van der Waals surface area contributed by atoms with Gasteiger partial charge < -0.3 is 10.6 Å². The van der Waals surface area contributed by atoms with Crippen molar-refractivity contribution in [1.29, 1.82) is 0 Å². The number of aromatic nitrogens is 2. The first-order valence-corrected chi connectivity index (χ1v) is 11.2. The second-order valence-electron chi connectivity index (χ2n) is 6.85. The van der Waals surface area contributed by atoms with Crippen LogP contribution in [0.2, 0.25) is 0 Å². The van der Waals surface area contributed by atoms with Crippen LogP contribution in [0.1, 0.15) is 31.2 Å². The van der Waals surface area contributed by atoms with Gasteiger partial charge in [0.1, 0.15) is 16.2 Å². The number of nitrogens with zero attached hydrogens (tertiary/aromatic N) is 2. The molecule has 2 heterocycles. The summed E-state index contributed by atoms with van der Waals surface area (Å²) in [6, 6.07) is 14.2. The molecule has 8 heteroatoms. The fourth-order valence-electron chi connectivity index (χ4n) is 3.12. The van der Waals surface area contributed by atoms with Crippen molar-refractivity contribution in [1.82, 2.24) is 15.3 Å². The first-order chi connectivity index (χ1) is 15.0. The number of carbonyl (C=O) groups excluding carboxylic acids is 2. The number of hydrogen-bond donors (Lipinski definition) is 2. The summed E-state index contributed by atoms with van der Waals surface area (Å²) >= 11 is 3.11. The van der Waals surface area contributed by atoms with Gasteiger partial charge in [-0.15, -0.1) is 11.3 Å². The van der Waals surface area contributed by atoms with E-state index >= 15 is 0 Å². The normalized spacial score (nSPS) is 10.8. The predicted molar refractivity (Wildman–Crippen MR) is 125 cm³/mol. The van der Waals surface area contributed by atoms with Gasteiger partial charge in [-0.3, -0.25) is 9.59 Å². The average molecular weight is 449 g/mol. The molecule has 6 nitrogen and oxygen atoms in total. The lowest BCUT2D eigenvalue weighted by molar-refractivity contribution is 0.0962. The molecule has 0 aliphatic carbocycles. The molecule has 0 radical (unpaired) electrons. The molecule has 4 aromatic rings. The number of rotatable bonds is 5. The van der Waals surface area contributed by atoms with Gasteiger partial charge in [-0.25, -0.2) is 9.97 Å². The lowest BCUT2D eigenvalue weighted by atomic mass is 10.1. The Hall–Kier alpha value is -3.23. The number of benzene rings is 2. The Balaban J connectivity index is 1.61. The van der Waals surface area contributed by atoms with Gasteiger partial charge in [-0.1, -0.05) is 23.9 Å². The SMILES string of the molecule is CNC(=O)c1ccc(NC(=O)c2ccccc2Sc2ncnc3sc(C)c(C)c23)cc1. The van der Waals surface area contributed by atoms with E-state index in [4.69, 9.17) is 0 Å². The monoisotopic (exact) mass is 448 g/mol. The van der Waals surface area contributed by atoms with E-state index in [0.29, 0.717) is 16.8 Å². The van der Waals surface area contributed by atoms with E-state index in [1.54, 1.807) is 55.0 Å². The van der Waals surface area contributed by atoms with Crippen molar-refractivity contribution >= 4 is 50.8 Å². The Morgan fingerprint density at radius 1 is 0.968 bits per heavy atom. The van der Waals surface area contributed by atoms with Crippen LogP contribution >= 0.6 is 23.1 Å². The lowest BCUT2D eigenvalue weighted by Crippen LogP contribution is -2.18. The Kier molecular flexibility index (Phi) is 6.01. The lowest BCUT2D eigenvalue weighted by Gasteiger charge is -2.11. The molecule has 0 unspecified atom stereocenters. The number of fused-ring (bicyclic) bond motifs is 1. The van der Waals surface area contributed by atoms with E-state index in [2.05, 4.69) is 34.4 Å². The van der Waals surface area contributed by atoms with Gasteiger partial charge in [-0.05, 0) is 55.8 Å². The van der Waals surface area contributed by atoms with Crippen LogP contribution in [-0.2, 0) is 0 Å². The minimum Gasteiger partial charge on any atom is -0.355 e. The minimum atomic E-state index is -0.223. The van der Waals surface area contributed by atoms with Crippen molar-refractivity contribution in [2.45, 2.75) is 23.8 Å². The van der Waals surface area contributed by atoms with Gasteiger partial charge in [0.05, 0.1) is 5.56 Å². The number of nitrogens with one attached hydrogen (secondary N) is 2. The molecule has 31 heavy (non-hydrogen) atoms. The van der Waals surface area contributed by atoms with Crippen molar-refractivity contribution in [3.63, 3.8) is 0 Å². The van der Waals surface area contributed by atoms with Crippen LogP contribution in [0.25, 0.3) is 10.2 Å². The smallest absolute Gasteiger partial charge is 0.256 e. The highest BCUT2D eigenvalue weighted by Crippen LogP contribution is 2.38.